The molecule has 0 aliphatic rings. The van der Waals surface area contributed by atoms with Gasteiger partial charge >= 0.3 is 0 Å². The summed E-state index contributed by atoms with van der Waals surface area (Å²) in [7, 11) is 0. The lowest BCUT2D eigenvalue weighted by Gasteiger charge is -2.28. The topological polar surface area (TPSA) is 16.4 Å². The average Bonchev–Trinajstić information content (AvgIpc) is 3.63. The van der Waals surface area contributed by atoms with Gasteiger partial charge in [0.25, 0.3) is 0 Å². The Kier molecular flexibility index (Phi) is 6.43. The summed E-state index contributed by atoms with van der Waals surface area (Å²) in [5.74, 6) is 0. The van der Waals surface area contributed by atoms with Gasteiger partial charge in [0.05, 0.1) is 5.69 Å². The van der Waals surface area contributed by atoms with Crippen molar-refractivity contribution in [3.63, 3.8) is 0 Å². The first-order chi connectivity index (χ1) is 27.3. The number of rotatable bonds is 5. The molecule has 0 unspecified atom stereocenters. The Labute approximate surface area is 317 Å². The molecule has 0 bridgehead atoms. The molecule has 1 aromatic heterocycles. The smallest absolute Gasteiger partial charge is 0.159 e. The van der Waals surface area contributed by atoms with Crippen molar-refractivity contribution in [2.75, 3.05) is 4.90 Å². The van der Waals surface area contributed by atoms with Crippen molar-refractivity contribution >= 4 is 97.9 Å². The van der Waals surface area contributed by atoms with Crippen LogP contribution in [0.25, 0.3) is 97.7 Å². The molecule has 0 amide bonds. The molecule has 256 valence electrons. The molecule has 2 nitrogen and oxygen atoms in total. The highest BCUT2D eigenvalue weighted by atomic mass is 16.3. The Morgan fingerprint density at radius 3 is 1.65 bits per heavy atom. The predicted octanol–water partition coefficient (Wildman–Crippen LogP) is 14.9. The van der Waals surface area contributed by atoms with Crippen LogP contribution in [0.15, 0.2) is 192 Å². The summed E-state index contributed by atoms with van der Waals surface area (Å²) < 4.78 is 6.77. The van der Waals surface area contributed by atoms with Crippen LogP contribution in [0, 0.1) is 0 Å². The van der Waals surface area contributed by atoms with Gasteiger partial charge in [-0.2, -0.15) is 0 Å². The van der Waals surface area contributed by atoms with Gasteiger partial charge in [-0.25, -0.2) is 0 Å². The van der Waals surface area contributed by atoms with Crippen LogP contribution in [0.3, 0.4) is 0 Å². The lowest BCUT2D eigenvalue weighted by molar-refractivity contribution is 0.667. The molecule has 0 fully saturated rings. The van der Waals surface area contributed by atoms with Gasteiger partial charge in [-0.05, 0) is 106 Å². The van der Waals surface area contributed by atoms with Crippen LogP contribution in [0.1, 0.15) is 5.56 Å². The molecule has 0 N–H and O–H groups in total. The van der Waals surface area contributed by atoms with Crippen molar-refractivity contribution in [1.29, 1.82) is 0 Å². The van der Waals surface area contributed by atoms with Crippen LogP contribution in [0.2, 0.25) is 0 Å². The molecule has 0 aliphatic heterocycles. The standard InChI is InChI=1S/C53H33NO/c1-2-12-33(13-3-1)40-18-5-4-14-38(40)32-54(47-24-11-23-45-41-19-6-7-25-48(41)55-53(45)47)39-30-37-29-28-36-16-9-21-43-42-20-8-15-34-26-27-35-17-10-22-44(51(35)49(34)42)46(31-39)52(37)50(36)43/h1-31H,32H2. The molecule has 1 heterocycles. The highest BCUT2D eigenvalue weighted by molar-refractivity contribution is 6.37. The van der Waals surface area contributed by atoms with E-state index in [1.54, 1.807) is 0 Å². The fraction of sp³-hybridized carbons (Fsp3) is 0.0189. The minimum Gasteiger partial charge on any atom is -0.454 e. The van der Waals surface area contributed by atoms with Crippen LogP contribution in [-0.2, 0) is 6.54 Å². The largest absolute Gasteiger partial charge is 0.454 e. The normalized spacial score (nSPS) is 12.1. The number of furan rings is 1. The Bertz CT molecular complexity index is 3460. The van der Waals surface area contributed by atoms with Crippen molar-refractivity contribution in [2.45, 2.75) is 6.54 Å². The van der Waals surface area contributed by atoms with Gasteiger partial charge in [0.2, 0.25) is 0 Å². The molecule has 12 rings (SSSR count). The van der Waals surface area contributed by atoms with Gasteiger partial charge in [0.15, 0.2) is 5.58 Å². The molecule has 55 heavy (non-hydrogen) atoms. The highest BCUT2D eigenvalue weighted by Crippen LogP contribution is 2.46. The van der Waals surface area contributed by atoms with Gasteiger partial charge in [-0.15, -0.1) is 0 Å². The number of fused-ring (bicyclic) bond motifs is 5. The SMILES string of the molecule is c1ccc(-c2ccccc2CN(c2cc3ccc4cccc5c6cccc7ccc8cccc(c(c2)c3c45)c8c76)c2cccc3c2oc2ccccc23)cc1. The van der Waals surface area contributed by atoms with E-state index in [1.165, 1.54) is 81.3 Å². The molecular formula is C53H33NO. The second kappa shape index (κ2) is 11.7. The first kappa shape index (κ1) is 30.3. The van der Waals surface area contributed by atoms with Crippen LogP contribution < -0.4 is 4.90 Å². The molecule has 0 saturated heterocycles. The summed E-state index contributed by atoms with van der Waals surface area (Å²) in [6, 6.07) is 68.9. The Morgan fingerprint density at radius 1 is 0.382 bits per heavy atom. The first-order valence-electron chi connectivity index (χ1n) is 19.0. The summed E-state index contributed by atoms with van der Waals surface area (Å²) in [6.07, 6.45) is 0. The van der Waals surface area contributed by atoms with Crippen molar-refractivity contribution in [1.82, 2.24) is 0 Å². The van der Waals surface area contributed by atoms with Crippen molar-refractivity contribution in [3.8, 4) is 11.1 Å². The van der Waals surface area contributed by atoms with Crippen LogP contribution in [0.4, 0.5) is 11.4 Å². The van der Waals surface area contributed by atoms with E-state index in [2.05, 4.69) is 193 Å². The van der Waals surface area contributed by atoms with Crippen molar-refractivity contribution < 1.29 is 4.42 Å². The van der Waals surface area contributed by atoms with E-state index in [9.17, 15) is 0 Å². The van der Waals surface area contributed by atoms with Crippen molar-refractivity contribution in [2.24, 2.45) is 0 Å². The number of anilines is 2. The lowest BCUT2D eigenvalue weighted by Crippen LogP contribution is -2.17. The fourth-order valence-corrected chi connectivity index (χ4v) is 9.41. The Morgan fingerprint density at radius 2 is 0.927 bits per heavy atom. The minimum absolute atomic E-state index is 0.646. The molecule has 2 heteroatoms. The van der Waals surface area contributed by atoms with E-state index in [0.717, 1.165) is 33.3 Å². The third-order valence-corrected chi connectivity index (χ3v) is 11.8. The highest BCUT2D eigenvalue weighted by Gasteiger charge is 2.22. The number of para-hydroxylation sites is 2. The second-order valence-corrected chi connectivity index (χ2v) is 14.8. The van der Waals surface area contributed by atoms with E-state index in [0.29, 0.717) is 6.54 Å². The zero-order valence-electron chi connectivity index (χ0n) is 30.0. The minimum atomic E-state index is 0.646. The summed E-state index contributed by atoms with van der Waals surface area (Å²) in [5.41, 5.74) is 7.63. The molecule has 0 saturated carbocycles. The molecule has 0 spiro atoms. The van der Waals surface area contributed by atoms with Crippen LogP contribution >= 0.6 is 0 Å². The van der Waals surface area contributed by atoms with Gasteiger partial charge in [-0.3, -0.25) is 0 Å². The Balaban J connectivity index is 1.23. The van der Waals surface area contributed by atoms with Gasteiger partial charge in [0.1, 0.15) is 5.58 Å². The maximum Gasteiger partial charge on any atom is 0.159 e. The zero-order valence-corrected chi connectivity index (χ0v) is 30.0. The number of hydrogen-bond acceptors (Lipinski definition) is 2. The lowest BCUT2D eigenvalue weighted by atomic mass is 9.87. The van der Waals surface area contributed by atoms with Gasteiger partial charge < -0.3 is 9.32 Å². The molecule has 0 aliphatic carbocycles. The summed E-state index contributed by atoms with van der Waals surface area (Å²) in [6.45, 7) is 0.646. The third-order valence-electron chi connectivity index (χ3n) is 11.8. The van der Waals surface area contributed by atoms with E-state index in [1.807, 2.05) is 0 Å². The molecule has 12 aromatic rings. The van der Waals surface area contributed by atoms with Gasteiger partial charge in [-0.1, -0.05) is 164 Å². The quantitative estimate of drug-likeness (QED) is 0.166. The van der Waals surface area contributed by atoms with Crippen LogP contribution in [-0.4, -0.2) is 0 Å². The van der Waals surface area contributed by atoms with Gasteiger partial charge in [0, 0.05) is 23.0 Å². The Hall–Kier alpha value is -7.16. The van der Waals surface area contributed by atoms with E-state index in [-0.39, 0.29) is 0 Å². The second-order valence-electron chi connectivity index (χ2n) is 14.8. The number of benzene rings is 10. The molecule has 0 radical (unpaired) electrons. The summed E-state index contributed by atoms with van der Waals surface area (Å²) in [4.78, 5) is 2.48. The number of hydrogen-bond donors (Lipinski definition) is 0. The fourth-order valence-electron chi connectivity index (χ4n) is 9.41. The monoisotopic (exact) mass is 699 g/mol. The van der Waals surface area contributed by atoms with E-state index >= 15 is 0 Å². The van der Waals surface area contributed by atoms with E-state index in [4.69, 9.17) is 4.42 Å². The summed E-state index contributed by atoms with van der Waals surface area (Å²) >= 11 is 0. The first-order valence-corrected chi connectivity index (χ1v) is 19.0. The maximum atomic E-state index is 6.77. The van der Waals surface area contributed by atoms with E-state index < -0.39 is 0 Å². The zero-order chi connectivity index (χ0) is 36.0. The maximum absolute atomic E-state index is 6.77. The number of nitrogens with zero attached hydrogens (tertiary/aromatic N) is 1. The average molecular weight is 700 g/mol. The third kappa shape index (κ3) is 4.49. The predicted molar refractivity (Wildman–Crippen MR) is 234 cm³/mol. The van der Waals surface area contributed by atoms with Crippen molar-refractivity contribution in [3.05, 3.63) is 194 Å². The summed E-state index contributed by atoms with van der Waals surface area (Å²) in [5, 5.41) is 17.5. The molecule has 11 aromatic carbocycles. The van der Waals surface area contributed by atoms with Crippen LogP contribution in [0.5, 0.6) is 0 Å². The molecule has 0 atom stereocenters. The molecular weight excluding hydrogens is 667 g/mol.